The highest BCUT2D eigenvalue weighted by Crippen LogP contribution is 2.39. The van der Waals surface area contributed by atoms with Crippen LogP contribution >= 0.6 is 15.9 Å². The summed E-state index contributed by atoms with van der Waals surface area (Å²) < 4.78 is 2.41. The van der Waals surface area contributed by atoms with Crippen LogP contribution in [0.25, 0.3) is 0 Å². The molecule has 2 bridgehead atoms. The highest BCUT2D eigenvalue weighted by Gasteiger charge is 2.39. The van der Waals surface area contributed by atoms with E-state index in [0.29, 0.717) is 30.8 Å². The van der Waals surface area contributed by atoms with Crippen molar-refractivity contribution in [2.45, 2.75) is 57.2 Å². The molecule has 1 heterocycles. The predicted octanol–water partition coefficient (Wildman–Crippen LogP) is 2.02. The Morgan fingerprint density at radius 3 is 2.70 bits per heavy atom. The van der Waals surface area contributed by atoms with Crippen LogP contribution in [-0.2, 0) is 11.3 Å². The van der Waals surface area contributed by atoms with E-state index >= 15 is 0 Å². The van der Waals surface area contributed by atoms with Gasteiger partial charge in [-0.3, -0.25) is 9.59 Å². The van der Waals surface area contributed by atoms with Crippen molar-refractivity contribution in [2.24, 2.45) is 17.6 Å². The van der Waals surface area contributed by atoms with Crippen molar-refractivity contribution in [1.82, 2.24) is 9.88 Å². The third-order valence-electron chi connectivity index (χ3n) is 5.23. The summed E-state index contributed by atoms with van der Waals surface area (Å²) in [4.78, 5) is 24.1. The third kappa shape index (κ3) is 4.04. The van der Waals surface area contributed by atoms with Gasteiger partial charge >= 0.3 is 0 Å². The number of carbonyl (C=O) groups excluding carboxylic acids is 1. The lowest BCUT2D eigenvalue weighted by Gasteiger charge is -2.45. The smallest absolute Gasteiger partial charge is 0.250 e. The van der Waals surface area contributed by atoms with Gasteiger partial charge in [0.25, 0.3) is 5.56 Å². The fraction of sp³-hybridized carbons (Fsp3) is 0.647. The Morgan fingerprint density at radius 1 is 1.30 bits per heavy atom. The molecule has 2 atom stereocenters. The lowest BCUT2D eigenvalue weighted by molar-refractivity contribution is -0.123. The number of hydrogen-bond acceptors (Lipinski definition) is 3. The number of rotatable bonds is 4. The Morgan fingerprint density at radius 2 is 2.00 bits per heavy atom. The number of hydrogen-bond donors (Lipinski definition) is 2. The maximum atomic E-state index is 12.3. The van der Waals surface area contributed by atoms with Crippen LogP contribution in [0.15, 0.2) is 27.6 Å². The van der Waals surface area contributed by atoms with Gasteiger partial charge in [0, 0.05) is 41.8 Å². The third-order valence-corrected chi connectivity index (χ3v) is 5.70. The Bertz CT molecular complexity index is 617. The molecule has 2 saturated carbocycles. The topological polar surface area (TPSA) is 77.1 Å². The number of aromatic nitrogens is 1. The van der Waals surface area contributed by atoms with Crippen molar-refractivity contribution in [1.29, 1.82) is 0 Å². The number of fused-ring (bicyclic) bond motifs is 2. The summed E-state index contributed by atoms with van der Waals surface area (Å²) in [5.41, 5.74) is 6.05. The van der Waals surface area contributed by atoms with Gasteiger partial charge < -0.3 is 15.6 Å². The van der Waals surface area contributed by atoms with Crippen LogP contribution in [0.5, 0.6) is 0 Å². The number of pyridine rings is 1. The lowest BCUT2D eigenvalue weighted by atomic mass is 9.67. The molecule has 126 valence electrons. The Balaban J connectivity index is 1.57. The van der Waals surface area contributed by atoms with Gasteiger partial charge in [0.1, 0.15) is 0 Å². The molecule has 0 aromatic carbocycles. The molecule has 6 heteroatoms. The first kappa shape index (κ1) is 16.7. The summed E-state index contributed by atoms with van der Waals surface area (Å²) in [6, 6.07) is 3.79. The normalized spacial score (nSPS) is 30.0. The van der Waals surface area contributed by atoms with Crippen molar-refractivity contribution in [2.75, 3.05) is 0 Å². The number of nitrogens with zero attached hydrogens (tertiary/aromatic N) is 1. The van der Waals surface area contributed by atoms with E-state index in [0.717, 1.165) is 17.3 Å². The van der Waals surface area contributed by atoms with Crippen LogP contribution < -0.4 is 16.6 Å². The lowest BCUT2D eigenvalue weighted by Crippen LogP contribution is -2.53. The van der Waals surface area contributed by atoms with Gasteiger partial charge in [0.2, 0.25) is 5.91 Å². The quantitative estimate of drug-likeness (QED) is 0.837. The number of carbonyl (C=O) groups is 1. The van der Waals surface area contributed by atoms with E-state index in [1.54, 1.807) is 16.8 Å². The van der Waals surface area contributed by atoms with E-state index in [2.05, 4.69) is 21.2 Å². The largest absolute Gasteiger partial charge is 0.353 e. The first-order valence-electron chi connectivity index (χ1n) is 8.44. The van der Waals surface area contributed by atoms with Gasteiger partial charge in [-0.15, -0.1) is 0 Å². The first-order chi connectivity index (χ1) is 11.0. The fourth-order valence-electron chi connectivity index (χ4n) is 4.18. The van der Waals surface area contributed by atoms with Crippen LogP contribution in [0.1, 0.15) is 38.5 Å². The van der Waals surface area contributed by atoms with E-state index in [1.165, 1.54) is 25.3 Å². The van der Waals surface area contributed by atoms with Crippen LogP contribution in [-0.4, -0.2) is 22.6 Å². The molecule has 23 heavy (non-hydrogen) atoms. The van der Waals surface area contributed by atoms with E-state index in [-0.39, 0.29) is 17.5 Å². The highest BCUT2D eigenvalue weighted by molar-refractivity contribution is 9.10. The maximum absolute atomic E-state index is 12.3. The van der Waals surface area contributed by atoms with Crippen molar-refractivity contribution < 1.29 is 4.79 Å². The number of nitrogens with two attached hydrogens (primary N) is 1. The zero-order valence-electron chi connectivity index (χ0n) is 13.2. The minimum Gasteiger partial charge on any atom is -0.353 e. The second kappa shape index (κ2) is 7.18. The number of halogens is 1. The molecule has 1 aromatic rings. The second-order valence-corrected chi connectivity index (χ2v) is 7.82. The van der Waals surface area contributed by atoms with Crippen molar-refractivity contribution >= 4 is 21.8 Å². The summed E-state index contributed by atoms with van der Waals surface area (Å²) in [7, 11) is 0. The summed E-state index contributed by atoms with van der Waals surface area (Å²) >= 11 is 3.35. The minimum absolute atomic E-state index is 0.0363. The Hall–Kier alpha value is -1.14. The Kier molecular flexibility index (Phi) is 5.21. The average molecular weight is 382 g/mol. The molecule has 1 amide bonds. The minimum atomic E-state index is -0.0819. The molecule has 2 aliphatic carbocycles. The summed E-state index contributed by atoms with van der Waals surface area (Å²) in [6.07, 6.45) is 7.68. The van der Waals surface area contributed by atoms with Gasteiger partial charge in [0.15, 0.2) is 0 Å². The van der Waals surface area contributed by atoms with Gasteiger partial charge in [-0.1, -0.05) is 6.42 Å². The zero-order chi connectivity index (χ0) is 16.4. The fourth-order valence-corrected chi connectivity index (χ4v) is 4.56. The van der Waals surface area contributed by atoms with Crippen molar-refractivity contribution in [3.05, 3.63) is 33.2 Å². The molecule has 3 rings (SSSR count). The summed E-state index contributed by atoms with van der Waals surface area (Å²) in [6.45, 7) is 0.408. The van der Waals surface area contributed by atoms with E-state index < -0.39 is 0 Å². The molecule has 2 unspecified atom stereocenters. The van der Waals surface area contributed by atoms with E-state index in [4.69, 9.17) is 5.73 Å². The average Bonchev–Trinajstić information content (AvgIpc) is 2.49. The van der Waals surface area contributed by atoms with Crippen molar-refractivity contribution in [3.8, 4) is 0 Å². The van der Waals surface area contributed by atoms with Gasteiger partial charge in [-0.05, 0) is 59.5 Å². The first-order valence-corrected chi connectivity index (χ1v) is 9.23. The second-order valence-electron chi connectivity index (χ2n) is 6.90. The molecular formula is C17H24BrN3O2. The van der Waals surface area contributed by atoms with Crippen LogP contribution in [0.2, 0.25) is 0 Å². The molecule has 0 spiro atoms. The SMILES string of the molecule is NC1CC2CCCC(C1)C2NC(=O)CCn1cc(Br)ccc1=O. The molecule has 0 aliphatic heterocycles. The molecule has 0 radical (unpaired) electrons. The molecular weight excluding hydrogens is 358 g/mol. The molecule has 2 aliphatic rings. The number of aryl methyl sites for hydroxylation is 1. The zero-order valence-corrected chi connectivity index (χ0v) is 14.8. The highest BCUT2D eigenvalue weighted by atomic mass is 79.9. The van der Waals surface area contributed by atoms with Crippen LogP contribution in [0.4, 0.5) is 0 Å². The summed E-state index contributed by atoms with van der Waals surface area (Å²) in [5, 5.41) is 3.22. The number of amides is 1. The monoisotopic (exact) mass is 381 g/mol. The van der Waals surface area contributed by atoms with E-state index in [9.17, 15) is 9.59 Å². The summed E-state index contributed by atoms with van der Waals surface area (Å²) in [5.74, 6) is 1.08. The maximum Gasteiger partial charge on any atom is 0.250 e. The molecule has 2 fully saturated rings. The van der Waals surface area contributed by atoms with Gasteiger partial charge in [-0.25, -0.2) is 0 Å². The van der Waals surface area contributed by atoms with Crippen LogP contribution in [0, 0.1) is 11.8 Å². The Labute approximate surface area is 144 Å². The predicted molar refractivity (Wildman–Crippen MR) is 93.0 cm³/mol. The molecule has 0 saturated heterocycles. The number of nitrogens with one attached hydrogen (secondary N) is 1. The molecule has 1 aromatic heterocycles. The van der Waals surface area contributed by atoms with Crippen molar-refractivity contribution in [3.63, 3.8) is 0 Å². The van der Waals surface area contributed by atoms with Crippen LogP contribution in [0.3, 0.4) is 0 Å². The standard InChI is InChI=1S/C17H24BrN3O2/c18-13-4-5-16(23)21(10-13)7-6-15(22)20-17-11-2-1-3-12(17)9-14(19)8-11/h4-5,10-12,14,17H,1-3,6-9,19H2,(H,20,22). The van der Waals surface area contributed by atoms with Gasteiger partial charge in [0.05, 0.1) is 0 Å². The molecule has 5 nitrogen and oxygen atoms in total. The van der Waals surface area contributed by atoms with E-state index in [1.807, 2.05) is 0 Å². The molecule has 3 N–H and O–H groups in total. The van der Waals surface area contributed by atoms with Gasteiger partial charge in [-0.2, -0.15) is 0 Å².